The van der Waals surface area contributed by atoms with Crippen molar-refractivity contribution in [1.82, 2.24) is 5.32 Å². The van der Waals surface area contributed by atoms with Gasteiger partial charge in [0.2, 0.25) is 0 Å². The molecule has 0 aromatic rings. The molecule has 64 valence electrons. The van der Waals surface area contributed by atoms with Crippen LogP contribution in [-0.4, -0.2) is 25.8 Å². The molecule has 1 aliphatic carbocycles. The van der Waals surface area contributed by atoms with Crippen LogP contribution in [0.15, 0.2) is 0 Å². The maximum absolute atomic E-state index is 10.6. The smallest absolute Gasteiger partial charge is 0.406 e. The number of methoxy groups -OCH3 is 1. The van der Waals surface area contributed by atoms with Gasteiger partial charge in [-0.1, -0.05) is 0 Å². The number of hydrogen-bond acceptors (Lipinski definition) is 3. The minimum Gasteiger partial charge on any atom is -0.453 e. The molecule has 1 unspecified atom stereocenters. The molecule has 0 bridgehead atoms. The first-order valence-electron chi connectivity index (χ1n) is 3.81. The van der Waals surface area contributed by atoms with Gasteiger partial charge in [-0.25, -0.2) is 4.79 Å². The summed E-state index contributed by atoms with van der Waals surface area (Å²) < 4.78 is 4.40. The molecule has 1 saturated carbocycles. The van der Waals surface area contributed by atoms with E-state index in [2.05, 4.69) is 10.1 Å². The fourth-order valence-electron chi connectivity index (χ4n) is 0.964. The Balaban J connectivity index is 2.05. The molecule has 1 rings (SSSR count). The minimum absolute atomic E-state index is 0.106. The number of carbonyl (C=O) groups excluding carboxylic acids is 1. The Kier molecular flexibility index (Phi) is 2.70. The van der Waals surface area contributed by atoms with Gasteiger partial charge in [0, 0.05) is 12.6 Å². The van der Waals surface area contributed by atoms with Crippen LogP contribution >= 0.6 is 0 Å². The summed E-state index contributed by atoms with van der Waals surface area (Å²) in [6.45, 7) is 0.525. The van der Waals surface area contributed by atoms with Gasteiger partial charge in [0.25, 0.3) is 0 Å². The van der Waals surface area contributed by atoms with Crippen LogP contribution in [0.25, 0.3) is 0 Å². The summed E-state index contributed by atoms with van der Waals surface area (Å²) in [6.07, 6.45) is 2.00. The average molecular weight is 158 g/mol. The summed E-state index contributed by atoms with van der Waals surface area (Å²) in [7, 11) is 1.35. The molecular formula is C7H14N2O2. The lowest BCUT2D eigenvalue weighted by atomic mass is 10.2. The molecule has 1 amide bonds. The molecule has 4 heteroatoms. The van der Waals surface area contributed by atoms with Crippen molar-refractivity contribution in [2.75, 3.05) is 13.7 Å². The average Bonchev–Trinajstić information content (AvgIpc) is 2.81. The van der Waals surface area contributed by atoms with Crippen molar-refractivity contribution >= 4 is 6.09 Å². The molecular weight excluding hydrogens is 144 g/mol. The summed E-state index contributed by atoms with van der Waals surface area (Å²) in [6, 6.07) is 0.106. The van der Waals surface area contributed by atoms with Gasteiger partial charge < -0.3 is 15.8 Å². The molecule has 11 heavy (non-hydrogen) atoms. The Bertz CT molecular complexity index is 145. The van der Waals surface area contributed by atoms with Crippen LogP contribution in [0.4, 0.5) is 4.79 Å². The van der Waals surface area contributed by atoms with Crippen LogP contribution in [0, 0.1) is 5.92 Å². The number of rotatable bonds is 3. The Labute approximate surface area is 66.1 Å². The first-order chi connectivity index (χ1) is 5.24. The van der Waals surface area contributed by atoms with E-state index < -0.39 is 6.09 Å². The van der Waals surface area contributed by atoms with Gasteiger partial charge >= 0.3 is 6.09 Å². The predicted octanol–water partition coefficient (Wildman–Crippen LogP) is 0.0797. The third kappa shape index (κ3) is 2.76. The molecule has 1 atom stereocenters. The van der Waals surface area contributed by atoms with E-state index in [9.17, 15) is 4.79 Å². The van der Waals surface area contributed by atoms with E-state index in [1.807, 2.05) is 0 Å². The lowest BCUT2D eigenvalue weighted by Gasteiger charge is -2.09. The van der Waals surface area contributed by atoms with E-state index in [1.54, 1.807) is 0 Å². The first-order valence-corrected chi connectivity index (χ1v) is 3.81. The van der Waals surface area contributed by atoms with Gasteiger partial charge in [-0.2, -0.15) is 0 Å². The van der Waals surface area contributed by atoms with Crippen LogP contribution in [0.2, 0.25) is 0 Å². The second kappa shape index (κ2) is 3.57. The fraction of sp³-hybridized carbons (Fsp3) is 0.857. The molecule has 3 N–H and O–H groups in total. The zero-order valence-corrected chi connectivity index (χ0v) is 6.67. The summed E-state index contributed by atoms with van der Waals surface area (Å²) in [5, 5.41) is 2.57. The van der Waals surface area contributed by atoms with Gasteiger partial charge in [-0.15, -0.1) is 0 Å². The number of ether oxygens (including phenoxy) is 1. The number of nitrogens with one attached hydrogen (secondary N) is 1. The molecule has 0 aromatic carbocycles. The second-order valence-corrected chi connectivity index (χ2v) is 2.87. The number of nitrogens with two attached hydrogens (primary N) is 1. The van der Waals surface area contributed by atoms with Crippen molar-refractivity contribution in [3.63, 3.8) is 0 Å². The van der Waals surface area contributed by atoms with E-state index in [0.717, 1.165) is 0 Å². The largest absolute Gasteiger partial charge is 0.453 e. The van der Waals surface area contributed by atoms with Crippen LogP contribution in [0.5, 0.6) is 0 Å². The van der Waals surface area contributed by atoms with Crippen molar-refractivity contribution in [2.24, 2.45) is 11.7 Å². The Morgan fingerprint density at radius 2 is 2.45 bits per heavy atom. The van der Waals surface area contributed by atoms with Crippen LogP contribution in [0.3, 0.4) is 0 Å². The highest BCUT2D eigenvalue weighted by atomic mass is 16.5. The quantitative estimate of drug-likeness (QED) is 0.611. The van der Waals surface area contributed by atoms with E-state index in [-0.39, 0.29) is 6.04 Å². The lowest BCUT2D eigenvalue weighted by Crippen LogP contribution is -2.38. The number of carbonyl (C=O) groups is 1. The SMILES string of the molecule is COC(=O)NCC(N)C1CC1. The summed E-state index contributed by atoms with van der Waals surface area (Å²) in [5.74, 6) is 0.618. The maximum Gasteiger partial charge on any atom is 0.406 e. The molecule has 0 aliphatic heterocycles. The molecule has 0 aromatic heterocycles. The van der Waals surface area contributed by atoms with Crippen LogP contribution in [0.1, 0.15) is 12.8 Å². The Morgan fingerprint density at radius 1 is 1.82 bits per heavy atom. The molecule has 4 nitrogen and oxygen atoms in total. The van der Waals surface area contributed by atoms with E-state index in [1.165, 1.54) is 20.0 Å². The normalized spacial score (nSPS) is 19.1. The van der Waals surface area contributed by atoms with Gasteiger partial charge in [-0.05, 0) is 18.8 Å². The van der Waals surface area contributed by atoms with E-state index >= 15 is 0 Å². The molecule has 0 saturated heterocycles. The molecule has 1 aliphatic rings. The van der Waals surface area contributed by atoms with Crippen LogP contribution in [-0.2, 0) is 4.74 Å². The molecule has 1 fully saturated rings. The topological polar surface area (TPSA) is 64.3 Å². The highest BCUT2D eigenvalue weighted by molar-refractivity contribution is 5.66. The highest BCUT2D eigenvalue weighted by Crippen LogP contribution is 2.31. The van der Waals surface area contributed by atoms with Crippen molar-refractivity contribution < 1.29 is 9.53 Å². The van der Waals surface area contributed by atoms with E-state index in [4.69, 9.17) is 5.73 Å². The van der Waals surface area contributed by atoms with Crippen molar-refractivity contribution in [2.45, 2.75) is 18.9 Å². The summed E-state index contributed by atoms with van der Waals surface area (Å²) in [4.78, 5) is 10.6. The third-order valence-electron chi connectivity index (χ3n) is 1.90. The van der Waals surface area contributed by atoms with E-state index in [0.29, 0.717) is 12.5 Å². The number of amides is 1. The minimum atomic E-state index is -0.402. The number of alkyl carbamates (subject to hydrolysis) is 1. The van der Waals surface area contributed by atoms with Gasteiger partial charge in [-0.3, -0.25) is 0 Å². The molecule has 0 radical (unpaired) electrons. The Morgan fingerprint density at radius 3 is 2.91 bits per heavy atom. The van der Waals surface area contributed by atoms with Crippen molar-refractivity contribution in [3.05, 3.63) is 0 Å². The van der Waals surface area contributed by atoms with Crippen LogP contribution < -0.4 is 11.1 Å². The zero-order chi connectivity index (χ0) is 8.27. The fourth-order valence-corrected chi connectivity index (χ4v) is 0.964. The third-order valence-corrected chi connectivity index (χ3v) is 1.90. The van der Waals surface area contributed by atoms with Crippen molar-refractivity contribution in [3.8, 4) is 0 Å². The summed E-state index contributed by atoms with van der Waals surface area (Å²) in [5.41, 5.74) is 5.71. The van der Waals surface area contributed by atoms with Gasteiger partial charge in [0.1, 0.15) is 0 Å². The monoisotopic (exact) mass is 158 g/mol. The standard InChI is InChI=1S/C7H14N2O2/c1-11-7(10)9-4-6(8)5-2-3-5/h5-6H,2-4,8H2,1H3,(H,9,10). The predicted molar refractivity (Wildman–Crippen MR) is 41.1 cm³/mol. The zero-order valence-electron chi connectivity index (χ0n) is 6.67. The van der Waals surface area contributed by atoms with Gasteiger partial charge in [0.15, 0.2) is 0 Å². The lowest BCUT2D eigenvalue weighted by molar-refractivity contribution is 0.170. The first kappa shape index (κ1) is 8.33. The van der Waals surface area contributed by atoms with Gasteiger partial charge in [0.05, 0.1) is 7.11 Å². The van der Waals surface area contributed by atoms with Crippen molar-refractivity contribution in [1.29, 1.82) is 0 Å². The second-order valence-electron chi connectivity index (χ2n) is 2.87. The molecule has 0 heterocycles. The summed E-state index contributed by atoms with van der Waals surface area (Å²) >= 11 is 0. The Hall–Kier alpha value is -0.770. The maximum atomic E-state index is 10.6. The highest BCUT2D eigenvalue weighted by Gasteiger charge is 2.28. The molecule has 0 spiro atoms. The number of hydrogen-bond donors (Lipinski definition) is 2.